The predicted octanol–water partition coefficient (Wildman–Crippen LogP) is 4.23. The number of hydrogen-bond acceptors (Lipinski definition) is 9. The second-order valence-electron chi connectivity index (χ2n) is 9.05. The third kappa shape index (κ3) is 5.94. The minimum atomic E-state index is -0.333. The first kappa shape index (κ1) is 24.9. The van der Waals surface area contributed by atoms with Crippen molar-refractivity contribution in [2.45, 2.75) is 37.0 Å². The van der Waals surface area contributed by atoms with E-state index in [1.807, 2.05) is 53.9 Å². The van der Waals surface area contributed by atoms with Crippen molar-refractivity contribution in [3.8, 4) is 17.5 Å². The second kappa shape index (κ2) is 11.1. The van der Waals surface area contributed by atoms with E-state index in [0.29, 0.717) is 37.3 Å². The minimum Gasteiger partial charge on any atom is -0.378 e. The fraction of sp³-hybridized carbons (Fsp3) is 0.480. The van der Waals surface area contributed by atoms with Gasteiger partial charge in [0.1, 0.15) is 10.2 Å². The average Bonchev–Trinajstić information content (AvgIpc) is 3.57. The van der Waals surface area contributed by atoms with Crippen molar-refractivity contribution in [1.82, 2.24) is 15.3 Å². The van der Waals surface area contributed by atoms with Crippen molar-refractivity contribution in [1.29, 1.82) is 5.26 Å². The molecular weight excluding hydrogens is 494 g/mol. The van der Waals surface area contributed by atoms with E-state index in [-0.39, 0.29) is 17.2 Å². The fourth-order valence-electron chi connectivity index (χ4n) is 4.05. The summed E-state index contributed by atoms with van der Waals surface area (Å²) < 4.78 is 6.68. The summed E-state index contributed by atoms with van der Waals surface area (Å²) in [6.07, 6.45) is 2.43. The molecule has 2 fully saturated rings. The Kier molecular flexibility index (Phi) is 7.65. The lowest BCUT2D eigenvalue weighted by Gasteiger charge is -2.29. The third-order valence-electron chi connectivity index (χ3n) is 6.20. The van der Waals surface area contributed by atoms with Crippen LogP contribution in [0.4, 0.5) is 16.3 Å². The molecule has 1 saturated carbocycles. The van der Waals surface area contributed by atoms with Crippen LogP contribution in [0.25, 0.3) is 11.4 Å². The van der Waals surface area contributed by atoms with Crippen molar-refractivity contribution in [2.75, 3.05) is 48.8 Å². The standard InChI is InChI=1S/C25H29N7O2S2/c1-17-16-35-24(28-17)36-25(7-8-25)20-15-21(32-11-13-34-14-12-32)31-22(30-20)18-3-5-19(6-4-18)29-23(33)27-10-2-9-26/h3-6,15,17H,2,7-8,10-14,16H2,1H3,(H2,27,29,33). The Labute approximate surface area is 219 Å². The molecule has 1 saturated heterocycles. The van der Waals surface area contributed by atoms with Gasteiger partial charge in [0.05, 0.1) is 42.2 Å². The molecule has 11 heteroatoms. The molecule has 2 aromatic rings. The molecule has 1 atom stereocenters. The highest BCUT2D eigenvalue weighted by Crippen LogP contribution is 2.59. The molecule has 3 heterocycles. The van der Waals surface area contributed by atoms with Crippen LogP contribution in [0.3, 0.4) is 0 Å². The molecule has 1 aromatic heterocycles. The molecule has 9 nitrogen and oxygen atoms in total. The number of aliphatic imine (C=N–C) groups is 1. The van der Waals surface area contributed by atoms with Crippen LogP contribution in [0.2, 0.25) is 0 Å². The van der Waals surface area contributed by atoms with Gasteiger partial charge >= 0.3 is 6.03 Å². The van der Waals surface area contributed by atoms with Crippen LogP contribution in [0.15, 0.2) is 35.3 Å². The number of amides is 2. The van der Waals surface area contributed by atoms with E-state index >= 15 is 0 Å². The van der Waals surface area contributed by atoms with Gasteiger partial charge in [0, 0.05) is 42.7 Å². The molecule has 5 rings (SSSR count). The van der Waals surface area contributed by atoms with Gasteiger partial charge in [0.25, 0.3) is 0 Å². The molecule has 3 aliphatic rings. The summed E-state index contributed by atoms with van der Waals surface area (Å²) in [6.45, 7) is 5.47. The van der Waals surface area contributed by atoms with Crippen molar-refractivity contribution in [2.24, 2.45) is 4.99 Å². The highest BCUT2D eigenvalue weighted by Gasteiger charge is 2.49. The zero-order chi connectivity index (χ0) is 25.0. The molecule has 188 valence electrons. The number of thioether (sulfide) groups is 2. The Morgan fingerprint density at radius 1 is 1.28 bits per heavy atom. The number of benzene rings is 1. The smallest absolute Gasteiger partial charge is 0.319 e. The molecule has 0 spiro atoms. The Bertz CT molecular complexity index is 1170. The first-order chi connectivity index (χ1) is 17.5. The number of hydrogen-bond donors (Lipinski definition) is 2. The number of anilines is 2. The average molecular weight is 524 g/mol. The van der Waals surface area contributed by atoms with Gasteiger partial charge in [0.2, 0.25) is 0 Å². The summed E-state index contributed by atoms with van der Waals surface area (Å²) in [4.78, 5) is 29.1. The molecule has 0 bridgehead atoms. The molecule has 1 unspecified atom stereocenters. The maximum absolute atomic E-state index is 12.0. The monoisotopic (exact) mass is 523 g/mol. The Morgan fingerprint density at radius 3 is 2.72 bits per heavy atom. The first-order valence-corrected chi connectivity index (χ1v) is 14.0. The van der Waals surface area contributed by atoms with E-state index in [0.717, 1.165) is 53.1 Å². The summed E-state index contributed by atoms with van der Waals surface area (Å²) in [5.74, 6) is 2.65. The highest BCUT2D eigenvalue weighted by molar-refractivity contribution is 8.39. The Morgan fingerprint density at radius 2 is 2.06 bits per heavy atom. The normalized spacial score (nSPS) is 20.4. The molecular formula is C25H29N7O2S2. The first-order valence-electron chi connectivity index (χ1n) is 12.2. The SMILES string of the molecule is CC1CSC(SC2(c3cc(N4CCOCC4)nc(-c4ccc(NC(=O)NCCC#N)cc4)n3)CC2)=N1. The van der Waals surface area contributed by atoms with Crippen LogP contribution in [-0.2, 0) is 9.48 Å². The maximum atomic E-state index is 12.0. The van der Waals surface area contributed by atoms with E-state index in [1.165, 1.54) is 0 Å². The number of nitrogens with zero attached hydrogens (tertiary/aromatic N) is 5. The summed E-state index contributed by atoms with van der Waals surface area (Å²) in [5.41, 5.74) is 2.61. The summed E-state index contributed by atoms with van der Waals surface area (Å²) >= 11 is 3.70. The zero-order valence-corrected chi connectivity index (χ0v) is 21.8. The number of morpholine rings is 1. The van der Waals surface area contributed by atoms with Gasteiger partial charge in [-0.1, -0.05) is 23.5 Å². The fourth-order valence-corrected chi connectivity index (χ4v) is 6.77. The molecule has 1 aromatic carbocycles. The van der Waals surface area contributed by atoms with Crippen LogP contribution in [0.5, 0.6) is 0 Å². The number of nitrogens with one attached hydrogen (secondary N) is 2. The number of carbonyl (C=O) groups excluding carboxylic acids is 1. The largest absolute Gasteiger partial charge is 0.378 e. The van der Waals surface area contributed by atoms with Crippen molar-refractivity contribution >= 4 is 45.4 Å². The second-order valence-corrected chi connectivity index (χ2v) is 11.7. The van der Waals surface area contributed by atoms with Gasteiger partial charge < -0.3 is 20.3 Å². The molecule has 0 radical (unpaired) electrons. The van der Waals surface area contributed by atoms with Crippen molar-refractivity contribution in [3.05, 3.63) is 36.0 Å². The van der Waals surface area contributed by atoms with E-state index in [2.05, 4.69) is 28.5 Å². The van der Waals surface area contributed by atoms with Crippen LogP contribution in [0.1, 0.15) is 31.9 Å². The number of carbonyl (C=O) groups is 1. The third-order valence-corrected chi connectivity index (χ3v) is 9.09. The summed E-state index contributed by atoms with van der Waals surface area (Å²) in [6, 6.07) is 11.7. The molecule has 2 aliphatic heterocycles. The van der Waals surface area contributed by atoms with Gasteiger partial charge in [-0.2, -0.15) is 5.26 Å². The highest BCUT2D eigenvalue weighted by atomic mass is 32.2. The minimum absolute atomic E-state index is 0.0440. The quantitative estimate of drug-likeness (QED) is 0.518. The van der Waals surface area contributed by atoms with Crippen LogP contribution in [-0.4, -0.2) is 65.0 Å². The lowest BCUT2D eigenvalue weighted by molar-refractivity contribution is 0.122. The Balaban J connectivity index is 1.39. The predicted molar refractivity (Wildman–Crippen MR) is 146 cm³/mol. The van der Waals surface area contributed by atoms with Gasteiger partial charge in [-0.25, -0.2) is 14.8 Å². The number of urea groups is 1. The zero-order valence-electron chi connectivity index (χ0n) is 20.2. The maximum Gasteiger partial charge on any atom is 0.319 e. The topological polar surface area (TPSA) is 116 Å². The van der Waals surface area contributed by atoms with Gasteiger partial charge in [-0.05, 0) is 44.0 Å². The van der Waals surface area contributed by atoms with Gasteiger partial charge in [-0.3, -0.25) is 4.99 Å². The van der Waals surface area contributed by atoms with Crippen molar-refractivity contribution < 1.29 is 9.53 Å². The molecule has 1 aliphatic carbocycles. The van der Waals surface area contributed by atoms with Gasteiger partial charge in [0.15, 0.2) is 5.82 Å². The lowest BCUT2D eigenvalue weighted by atomic mass is 10.1. The molecule has 2 N–H and O–H groups in total. The summed E-state index contributed by atoms with van der Waals surface area (Å²) in [7, 11) is 0. The van der Waals surface area contributed by atoms with Crippen LogP contribution < -0.4 is 15.5 Å². The van der Waals surface area contributed by atoms with E-state index < -0.39 is 0 Å². The van der Waals surface area contributed by atoms with Crippen LogP contribution in [0, 0.1) is 11.3 Å². The number of rotatable bonds is 7. The van der Waals surface area contributed by atoms with Gasteiger partial charge in [-0.15, -0.1) is 0 Å². The Hall–Kier alpha value is -2.81. The van der Waals surface area contributed by atoms with Crippen molar-refractivity contribution in [3.63, 3.8) is 0 Å². The number of aromatic nitrogens is 2. The number of nitriles is 1. The molecule has 36 heavy (non-hydrogen) atoms. The summed E-state index contributed by atoms with van der Waals surface area (Å²) in [5, 5.41) is 14.1. The van der Waals surface area contributed by atoms with E-state index in [1.54, 1.807) is 0 Å². The lowest BCUT2D eigenvalue weighted by Crippen LogP contribution is -2.37. The van der Waals surface area contributed by atoms with E-state index in [4.69, 9.17) is 25.0 Å². The number of ether oxygens (including phenoxy) is 1. The molecule has 2 amide bonds. The van der Waals surface area contributed by atoms with Crippen LogP contribution >= 0.6 is 23.5 Å². The van der Waals surface area contributed by atoms with E-state index in [9.17, 15) is 4.79 Å².